The molecule has 0 spiro atoms. The van der Waals surface area contributed by atoms with E-state index in [9.17, 15) is 9.59 Å². The van der Waals surface area contributed by atoms with Gasteiger partial charge < -0.3 is 14.6 Å². The molecule has 0 heterocycles. The van der Waals surface area contributed by atoms with Crippen molar-refractivity contribution in [2.45, 2.75) is 37.5 Å². The molecule has 2 aromatic carbocycles. The minimum absolute atomic E-state index is 0.152. The molecule has 2 saturated carbocycles. The van der Waals surface area contributed by atoms with E-state index in [2.05, 4.69) is 0 Å². The molecule has 2 aliphatic carbocycles. The van der Waals surface area contributed by atoms with Crippen LogP contribution in [0.15, 0.2) is 24.3 Å². The molecule has 0 saturated heterocycles. The average Bonchev–Trinajstić information content (AvgIpc) is 3.70. The van der Waals surface area contributed by atoms with Crippen LogP contribution in [-0.4, -0.2) is 30.5 Å². The van der Waals surface area contributed by atoms with Crippen molar-refractivity contribution < 1.29 is 24.2 Å². The summed E-state index contributed by atoms with van der Waals surface area (Å²) in [4.78, 5) is 22.0. The smallest absolute Gasteiger partial charge is 0.335 e. The van der Waals surface area contributed by atoms with Gasteiger partial charge >= 0.3 is 5.97 Å². The monoisotopic (exact) mass is 452 g/mol. The van der Waals surface area contributed by atoms with Crippen molar-refractivity contribution >= 4 is 22.8 Å². The van der Waals surface area contributed by atoms with Crippen LogP contribution >= 0.6 is 11.6 Å². The zero-order valence-electron chi connectivity index (χ0n) is 17.6. The van der Waals surface area contributed by atoms with Crippen LogP contribution in [0, 0.1) is 22.7 Å². The summed E-state index contributed by atoms with van der Waals surface area (Å²) in [6, 6.07) is 10.2. The van der Waals surface area contributed by atoms with Gasteiger partial charge in [0.15, 0.2) is 0 Å². The Hall–Kier alpha value is -3.55. The molecule has 2 fully saturated rings. The first-order valence-electron chi connectivity index (χ1n) is 10.0. The van der Waals surface area contributed by atoms with Gasteiger partial charge in [-0.3, -0.25) is 4.79 Å². The van der Waals surface area contributed by atoms with Gasteiger partial charge in [0, 0.05) is 5.56 Å². The number of carboxylic acids is 1. The number of hydrogen-bond donors (Lipinski definition) is 1. The SMILES string of the molecule is COc1c(C#N)cc(C(=O)Cl)cc1C1CC1.COc1c(C#N)cc(C(=O)O)cc1C1CC1. The third kappa shape index (κ3) is 5.01. The highest BCUT2D eigenvalue weighted by Gasteiger charge is 2.30. The molecule has 7 nitrogen and oxygen atoms in total. The number of carboxylic acid groups (broad SMARTS) is 1. The van der Waals surface area contributed by atoms with Crippen molar-refractivity contribution in [1.82, 2.24) is 0 Å². The van der Waals surface area contributed by atoms with Gasteiger partial charge in [0.05, 0.1) is 30.9 Å². The second-order valence-corrected chi connectivity index (χ2v) is 7.99. The normalized spacial score (nSPS) is 14.3. The first-order chi connectivity index (χ1) is 15.3. The number of carbonyl (C=O) groups excluding carboxylic acids is 1. The van der Waals surface area contributed by atoms with Crippen molar-refractivity contribution in [1.29, 1.82) is 10.5 Å². The summed E-state index contributed by atoms with van der Waals surface area (Å²) in [5.41, 5.74) is 2.95. The van der Waals surface area contributed by atoms with Gasteiger partial charge in [-0.25, -0.2) is 4.79 Å². The summed E-state index contributed by atoms with van der Waals surface area (Å²) in [6.07, 6.45) is 4.21. The van der Waals surface area contributed by atoms with Gasteiger partial charge in [-0.2, -0.15) is 10.5 Å². The molecular formula is C24H21ClN2O5. The highest BCUT2D eigenvalue weighted by molar-refractivity contribution is 6.67. The Balaban J connectivity index is 0.000000181. The fourth-order valence-electron chi connectivity index (χ4n) is 3.56. The number of benzene rings is 2. The molecule has 2 aromatic rings. The lowest BCUT2D eigenvalue weighted by atomic mass is 10.0. The standard InChI is InChI=1S/C12H10ClNO2.C12H11NO3/c1-16-11-9(6-14)4-8(12(13)15)5-10(11)7-2-3-7;1-16-11-9(6-13)4-8(12(14)15)5-10(11)7-2-3-7/h4-5,7H,2-3H2,1H3;4-5,7H,2-3H2,1H3,(H,14,15). The summed E-state index contributed by atoms with van der Waals surface area (Å²) in [7, 11) is 3.03. The van der Waals surface area contributed by atoms with Crippen molar-refractivity contribution in [2.24, 2.45) is 0 Å². The quantitative estimate of drug-likeness (QED) is 0.614. The second kappa shape index (κ2) is 9.72. The van der Waals surface area contributed by atoms with Crippen LogP contribution in [0.5, 0.6) is 11.5 Å². The molecule has 164 valence electrons. The van der Waals surface area contributed by atoms with E-state index in [1.54, 1.807) is 12.1 Å². The third-order valence-corrected chi connectivity index (χ3v) is 5.61. The Bertz CT molecular complexity index is 1060. The summed E-state index contributed by atoms with van der Waals surface area (Å²) in [6.45, 7) is 0. The maximum atomic E-state index is 11.1. The summed E-state index contributed by atoms with van der Waals surface area (Å²) < 4.78 is 10.4. The fourth-order valence-corrected chi connectivity index (χ4v) is 3.67. The number of aromatic carboxylic acids is 1. The number of methoxy groups -OCH3 is 2. The highest BCUT2D eigenvalue weighted by atomic mass is 35.5. The molecule has 2 aliphatic rings. The molecule has 0 amide bonds. The predicted molar refractivity (Wildman–Crippen MR) is 117 cm³/mol. The van der Waals surface area contributed by atoms with E-state index >= 15 is 0 Å². The van der Waals surface area contributed by atoms with E-state index in [0.717, 1.165) is 36.8 Å². The fraction of sp³-hybridized carbons (Fsp3) is 0.333. The van der Waals surface area contributed by atoms with Crippen molar-refractivity contribution in [2.75, 3.05) is 14.2 Å². The molecular weight excluding hydrogens is 432 g/mol. The summed E-state index contributed by atoms with van der Waals surface area (Å²) >= 11 is 5.44. The zero-order valence-corrected chi connectivity index (χ0v) is 18.4. The number of carbonyl (C=O) groups is 2. The summed E-state index contributed by atoms with van der Waals surface area (Å²) in [5.74, 6) is 0.835. The Morgan fingerprint density at radius 2 is 1.28 bits per heavy atom. The van der Waals surface area contributed by atoms with E-state index < -0.39 is 11.2 Å². The van der Waals surface area contributed by atoms with Crippen molar-refractivity contribution in [3.05, 3.63) is 57.6 Å². The van der Waals surface area contributed by atoms with Crippen molar-refractivity contribution in [3.8, 4) is 23.6 Å². The van der Waals surface area contributed by atoms with Gasteiger partial charge in [0.2, 0.25) is 0 Å². The maximum Gasteiger partial charge on any atom is 0.335 e. The van der Waals surface area contributed by atoms with E-state index in [1.807, 2.05) is 12.1 Å². The number of rotatable bonds is 6. The van der Waals surface area contributed by atoms with Crippen LogP contribution in [0.25, 0.3) is 0 Å². The zero-order chi connectivity index (χ0) is 23.4. The molecule has 0 radical (unpaired) electrons. The first-order valence-corrected chi connectivity index (χ1v) is 10.4. The van der Waals surface area contributed by atoms with Gasteiger partial charge in [-0.05, 0) is 84.5 Å². The largest absolute Gasteiger partial charge is 0.495 e. The lowest BCUT2D eigenvalue weighted by Gasteiger charge is -2.10. The molecule has 1 N–H and O–H groups in total. The van der Waals surface area contributed by atoms with Gasteiger partial charge in [0.25, 0.3) is 5.24 Å². The minimum atomic E-state index is -1.01. The molecule has 8 heteroatoms. The Morgan fingerprint density at radius 3 is 1.59 bits per heavy atom. The average molecular weight is 453 g/mol. The molecule has 0 aromatic heterocycles. The number of nitriles is 2. The van der Waals surface area contributed by atoms with Crippen LogP contribution in [-0.2, 0) is 0 Å². The number of nitrogens with zero attached hydrogens (tertiary/aromatic N) is 2. The second-order valence-electron chi connectivity index (χ2n) is 7.64. The summed E-state index contributed by atoms with van der Waals surface area (Å²) in [5, 5.41) is 26.4. The predicted octanol–water partition coefficient (Wildman–Crippen LogP) is 4.97. The molecule has 0 atom stereocenters. The van der Waals surface area contributed by atoms with Crippen LogP contribution in [0.2, 0.25) is 0 Å². The maximum absolute atomic E-state index is 11.1. The number of halogens is 1. The van der Waals surface area contributed by atoms with E-state index in [1.165, 1.54) is 26.4 Å². The lowest BCUT2D eigenvalue weighted by Crippen LogP contribution is -2.02. The Labute approximate surface area is 190 Å². The number of ether oxygens (including phenoxy) is 2. The van der Waals surface area contributed by atoms with E-state index in [0.29, 0.717) is 40.0 Å². The van der Waals surface area contributed by atoms with Crippen molar-refractivity contribution in [3.63, 3.8) is 0 Å². The molecule has 0 bridgehead atoms. The van der Waals surface area contributed by atoms with E-state index in [4.69, 9.17) is 36.7 Å². The van der Waals surface area contributed by atoms with Crippen LogP contribution in [0.3, 0.4) is 0 Å². The minimum Gasteiger partial charge on any atom is -0.495 e. The lowest BCUT2D eigenvalue weighted by molar-refractivity contribution is 0.0696. The molecule has 32 heavy (non-hydrogen) atoms. The van der Waals surface area contributed by atoms with Gasteiger partial charge in [-0.15, -0.1) is 0 Å². The first kappa shape index (κ1) is 23.1. The van der Waals surface area contributed by atoms with E-state index in [-0.39, 0.29) is 5.56 Å². The van der Waals surface area contributed by atoms with Gasteiger partial charge in [-0.1, -0.05) is 0 Å². The molecule has 4 rings (SSSR count). The molecule has 0 unspecified atom stereocenters. The highest BCUT2D eigenvalue weighted by Crippen LogP contribution is 2.46. The number of hydrogen-bond acceptors (Lipinski definition) is 6. The Kier molecular flexibility index (Phi) is 7.02. The topological polar surface area (TPSA) is 120 Å². The van der Waals surface area contributed by atoms with Crippen LogP contribution < -0.4 is 9.47 Å². The van der Waals surface area contributed by atoms with Crippen LogP contribution in [0.4, 0.5) is 0 Å². The molecule has 0 aliphatic heterocycles. The third-order valence-electron chi connectivity index (χ3n) is 5.39. The van der Waals surface area contributed by atoms with Gasteiger partial charge in [0.1, 0.15) is 23.6 Å². The van der Waals surface area contributed by atoms with Crippen LogP contribution in [0.1, 0.15) is 80.5 Å². The Morgan fingerprint density at radius 1 is 0.875 bits per heavy atom.